The molecule has 10 heteroatoms. The van der Waals surface area contributed by atoms with Crippen molar-refractivity contribution in [1.29, 1.82) is 0 Å². The van der Waals surface area contributed by atoms with Gasteiger partial charge in [-0.2, -0.15) is 0 Å². The van der Waals surface area contributed by atoms with Crippen molar-refractivity contribution in [2.24, 2.45) is 0 Å². The maximum absolute atomic E-state index is 12.5. The van der Waals surface area contributed by atoms with E-state index in [1.165, 1.54) is 21.9 Å². The normalized spacial score (nSPS) is 19.4. The van der Waals surface area contributed by atoms with E-state index in [0.29, 0.717) is 23.1 Å². The minimum absolute atomic E-state index is 0.0769. The maximum Gasteiger partial charge on any atom is 0.573 e. The molecular weight excluding hydrogens is 429 g/mol. The molecule has 1 amide bonds. The van der Waals surface area contributed by atoms with E-state index in [0.717, 1.165) is 18.6 Å². The van der Waals surface area contributed by atoms with Crippen molar-refractivity contribution in [3.63, 3.8) is 0 Å². The van der Waals surface area contributed by atoms with Gasteiger partial charge in [-0.15, -0.1) is 13.2 Å². The molecule has 1 aliphatic heterocycles. The molecule has 3 rings (SSSR count). The van der Waals surface area contributed by atoms with E-state index in [-0.39, 0.29) is 13.1 Å². The first-order chi connectivity index (χ1) is 15.1. The molecule has 3 N–H and O–H groups in total. The molecule has 7 nitrogen and oxygen atoms in total. The van der Waals surface area contributed by atoms with Crippen LogP contribution >= 0.6 is 0 Å². The molecule has 0 aliphatic carbocycles. The molecule has 0 aromatic heterocycles. The lowest BCUT2D eigenvalue weighted by Gasteiger charge is -2.35. The van der Waals surface area contributed by atoms with Gasteiger partial charge in [-0.3, -0.25) is 0 Å². The van der Waals surface area contributed by atoms with Crippen molar-refractivity contribution in [1.82, 2.24) is 9.80 Å². The summed E-state index contributed by atoms with van der Waals surface area (Å²) in [6.07, 6.45) is -7.06. The summed E-state index contributed by atoms with van der Waals surface area (Å²) in [4.78, 5) is 14.6. The molecule has 0 saturated carbocycles. The van der Waals surface area contributed by atoms with Crippen LogP contribution in [-0.2, 0) is 0 Å². The predicted octanol–water partition coefficient (Wildman–Crippen LogP) is 4.40. The van der Waals surface area contributed by atoms with Crippen LogP contribution in [0.4, 0.5) is 18.0 Å². The van der Waals surface area contributed by atoms with Crippen LogP contribution in [0.25, 0.3) is 0 Å². The summed E-state index contributed by atoms with van der Waals surface area (Å²) >= 11 is 0. The molecule has 0 spiro atoms. The number of fused-ring (bicyclic) bond motifs is 1. The number of halogens is 3. The molecule has 2 aromatic carbocycles. The lowest BCUT2D eigenvalue weighted by Crippen LogP contribution is -2.42. The second-order valence-corrected chi connectivity index (χ2v) is 7.54. The topological polar surface area (TPSA) is 93.5 Å². The van der Waals surface area contributed by atoms with Crippen LogP contribution in [0.2, 0.25) is 0 Å². The number of nitrogens with zero attached hydrogens (tertiary/aromatic N) is 2. The number of hydrogen-bond donors (Lipinski definition) is 3. The van der Waals surface area contributed by atoms with Gasteiger partial charge in [0.05, 0.1) is 6.04 Å². The van der Waals surface area contributed by atoms with Crippen LogP contribution in [0.3, 0.4) is 0 Å². The second kappa shape index (κ2) is 9.76. The molecule has 0 radical (unpaired) electrons. The Morgan fingerprint density at radius 1 is 1.09 bits per heavy atom. The minimum atomic E-state index is -4.84. The first-order valence-electron chi connectivity index (χ1n) is 10.2. The average Bonchev–Trinajstić information content (AvgIpc) is 2.97. The second-order valence-electron chi connectivity index (χ2n) is 7.54. The van der Waals surface area contributed by atoms with E-state index >= 15 is 0 Å². The summed E-state index contributed by atoms with van der Waals surface area (Å²) in [6, 6.07) is 10.9. The standard InChI is InChI=1S/C22H25F3N2O5/c1-2-3-12-26(21(30)31)18(14-8-10-15(11-9-14)32-22(23,24)25)13-27-19(28)16-6-4-5-7-17(16)20(27)29/h4-11,18-20,28-29H,2-3,12-13H2,1H3,(H,30,31). The SMILES string of the molecule is CCCCN(C(=O)O)C(CN1C(O)c2ccccc2C1O)c1ccc(OC(F)(F)F)cc1. The number of carbonyl (C=O) groups is 1. The predicted molar refractivity (Wildman–Crippen MR) is 109 cm³/mol. The van der Waals surface area contributed by atoms with Gasteiger partial charge < -0.3 is 25.0 Å². The summed E-state index contributed by atoms with van der Waals surface area (Å²) in [6.45, 7) is 2.01. The Kier molecular flexibility index (Phi) is 7.27. The van der Waals surface area contributed by atoms with Crippen LogP contribution in [0.1, 0.15) is 55.0 Å². The van der Waals surface area contributed by atoms with Crippen molar-refractivity contribution < 1.29 is 38.0 Å². The van der Waals surface area contributed by atoms with Gasteiger partial charge in [-0.25, -0.2) is 9.69 Å². The molecule has 1 heterocycles. The van der Waals surface area contributed by atoms with E-state index < -0.39 is 36.7 Å². The number of benzene rings is 2. The fraction of sp³-hybridized carbons (Fsp3) is 0.409. The van der Waals surface area contributed by atoms with E-state index in [9.17, 15) is 33.3 Å². The highest BCUT2D eigenvalue weighted by atomic mass is 19.4. The zero-order valence-electron chi connectivity index (χ0n) is 17.4. The molecular formula is C22H25F3N2O5. The van der Waals surface area contributed by atoms with Gasteiger partial charge in [-0.05, 0) is 24.1 Å². The quantitative estimate of drug-likeness (QED) is 0.547. The number of carboxylic acid groups (broad SMARTS) is 1. The number of aliphatic hydroxyl groups excluding tert-OH is 2. The molecule has 174 valence electrons. The van der Waals surface area contributed by atoms with Crippen molar-refractivity contribution in [2.45, 2.75) is 44.6 Å². The number of amides is 1. The van der Waals surface area contributed by atoms with Gasteiger partial charge in [0.15, 0.2) is 0 Å². The monoisotopic (exact) mass is 454 g/mol. The average molecular weight is 454 g/mol. The largest absolute Gasteiger partial charge is 0.573 e. The highest BCUT2D eigenvalue weighted by molar-refractivity contribution is 5.66. The summed E-state index contributed by atoms with van der Waals surface area (Å²) in [5.74, 6) is -0.427. The minimum Gasteiger partial charge on any atom is -0.465 e. The molecule has 1 aliphatic rings. The molecule has 32 heavy (non-hydrogen) atoms. The van der Waals surface area contributed by atoms with Crippen LogP contribution in [0.15, 0.2) is 48.5 Å². The summed E-state index contributed by atoms with van der Waals surface area (Å²) in [5, 5.41) is 31.3. The lowest BCUT2D eigenvalue weighted by atomic mass is 10.0. The Morgan fingerprint density at radius 3 is 2.12 bits per heavy atom. The summed E-state index contributed by atoms with van der Waals surface area (Å²) in [7, 11) is 0. The van der Waals surface area contributed by atoms with Gasteiger partial charge in [0.25, 0.3) is 0 Å². The van der Waals surface area contributed by atoms with Crippen molar-refractivity contribution in [2.75, 3.05) is 13.1 Å². The fourth-order valence-corrected chi connectivity index (χ4v) is 3.86. The van der Waals surface area contributed by atoms with Gasteiger partial charge in [0.2, 0.25) is 0 Å². The third kappa shape index (κ3) is 5.32. The Balaban J connectivity index is 1.92. The van der Waals surface area contributed by atoms with Crippen molar-refractivity contribution in [3.8, 4) is 5.75 Å². The summed E-state index contributed by atoms with van der Waals surface area (Å²) < 4.78 is 41.4. The number of hydrogen-bond acceptors (Lipinski definition) is 5. The van der Waals surface area contributed by atoms with Gasteiger partial charge in [0, 0.05) is 24.2 Å². The summed E-state index contributed by atoms with van der Waals surface area (Å²) in [5.41, 5.74) is 1.44. The Labute approximate surface area is 183 Å². The molecule has 0 fully saturated rings. The van der Waals surface area contributed by atoms with Gasteiger partial charge >= 0.3 is 12.5 Å². The molecule has 2 aromatic rings. The van der Waals surface area contributed by atoms with E-state index in [1.807, 2.05) is 6.92 Å². The Hall–Kier alpha value is -2.82. The van der Waals surface area contributed by atoms with E-state index in [4.69, 9.17) is 0 Å². The number of ether oxygens (including phenoxy) is 1. The number of aliphatic hydroxyl groups is 2. The lowest BCUT2D eigenvalue weighted by molar-refractivity contribution is -0.274. The maximum atomic E-state index is 12.5. The Morgan fingerprint density at radius 2 is 1.66 bits per heavy atom. The molecule has 3 atom stereocenters. The third-order valence-electron chi connectivity index (χ3n) is 5.44. The first-order valence-corrected chi connectivity index (χ1v) is 10.2. The van der Waals surface area contributed by atoms with Crippen LogP contribution in [0.5, 0.6) is 5.75 Å². The van der Waals surface area contributed by atoms with Gasteiger partial charge in [-0.1, -0.05) is 49.7 Å². The number of alkyl halides is 3. The first kappa shape index (κ1) is 23.8. The molecule has 0 saturated heterocycles. The van der Waals surface area contributed by atoms with E-state index in [1.54, 1.807) is 24.3 Å². The van der Waals surface area contributed by atoms with Crippen molar-refractivity contribution >= 4 is 6.09 Å². The van der Waals surface area contributed by atoms with Crippen molar-refractivity contribution in [3.05, 3.63) is 65.2 Å². The van der Waals surface area contributed by atoms with E-state index in [2.05, 4.69) is 4.74 Å². The van der Waals surface area contributed by atoms with Crippen LogP contribution in [-0.4, -0.2) is 50.7 Å². The highest BCUT2D eigenvalue weighted by Crippen LogP contribution is 2.41. The van der Waals surface area contributed by atoms with Crippen LogP contribution < -0.4 is 4.74 Å². The van der Waals surface area contributed by atoms with Crippen LogP contribution in [0, 0.1) is 0 Å². The Bertz CT molecular complexity index is 894. The number of rotatable bonds is 8. The zero-order chi connectivity index (χ0) is 23.5. The third-order valence-corrected chi connectivity index (χ3v) is 5.44. The smallest absolute Gasteiger partial charge is 0.465 e. The molecule has 3 unspecified atom stereocenters. The number of unbranched alkanes of at least 4 members (excludes halogenated alkanes) is 1. The zero-order valence-corrected chi connectivity index (χ0v) is 17.4. The molecule has 0 bridgehead atoms. The van der Waals surface area contributed by atoms with Gasteiger partial charge in [0.1, 0.15) is 18.2 Å². The highest BCUT2D eigenvalue weighted by Gasteiger charge is 2.39. The fourth-order valence-electron chi connectivity index (χ4n) is 3.86.